The highest BCUT2D eigenvalue weighted by Gasteiger charge is 2.25. The van der Waals surface area contributed by atoms with Crippen LogP contribution in [-0.4, -0.2) is 42.8 Å². The first kappa shape index (κ1) is 15.3. The van der Waals surface area contributed by atoms with E-state index in [1.165, 1.54) is 4.68 Å². The molecule has 1 heterocycles. The topological polar surface area (TPSA) is 65.4 Å². The van der Waals surface area contributed by atoms with Crippen molar-refractivity contribution < 1.29 is 9.47 Å². The molecule has 0 aliphatic heterocycles. The predicted octanol–water partition coefficient (Wildman–Crippen LogP) is 1.52. The molecule has 2 atom stereocenters. The fraction of sp³-hybridized carbons (Fsp3) is 0.692. The summed E-state index contributed by atoms with van der Waals surface area (Å²) in [7, 11) is 3.30. The molecule has 0 saturated heterocycles. The summed E-state index contributed by atoms with van der Waals surface area (Å²) in [5, 5.41) is 7.56. The number of halogens is 1. The molecule has 1 aliphatic rings. The molecule has 6 nitrogen and oxygen atoms in total. The first-order chi connectivity index (χ1) is 9.65. The van der Waals surface area contributed by atoms with Crippen molar-refractivity contribution in [3.63, 3.8) is 0 Å². The van der Waals surface area contributed by atoms with E-state index in [2.05, 4.69) is 10.4 Å². The van der Waals surface area contributed by atoms with Crippen molar-refractivity contribution in [1.29, 1.82) is 0 Å². The van der Waals surface area contributed by atoms with Crippen molar-refractivity contribution in [3.8, 4) is 0 Å². The number of ether oxygens (including phenoxy) is 2. The van der Waals surface area contributed by atoms with Crippen LogP contribution < -0.4 is 10.9 Å². The van der Waals surface area contributed by atoms with Gasteiger partial charge in [-0.1, -0.05) is 11.6 Å². The molecule has 1 saturated carbocycles. The third kappa shape index (κ3) is 3.50. The van der Waals surface area contributed by atoms with Crippen LogP contribution in [0.4, 0.5) is 5.69 Å². The summed E-state index contributed by atoms with van der Waals surface area (Å²) in [5.74, 6) is 0. The molecule has 2 rings (SSSR count). The Balaban J connectivity index is 2.06. The summed E-state index contributed by atoms with van der Waals surface area (Å²) in [6.07, 6.45) is 4.81. The van der Waals surface area contributed by atoms with E-state index in [-0.39, 0.29) is 22.7 Å². The van der Waals surface area contributed by atoms with Crippen LogP contribution in [0.1, 0.15) is 19.3 Å². The van der Waals surface area contributed by atoms with E-state index >= 15 is 0 Å². The van der Waals surface area contributed by atoms with E-state index in [1.54, 1.807) is 20.4 Å². The van der Waals surface area contributed by atoms with Crippen molar-refractivity contribution in [2.75, 3.05) is 26.1 Å². The first-order valence-corrected chi connectivity index (χ1v) is 7.07. The Morgan fingerprint density at radius 2 is 2.30 bits per heavy atom. The zero-order valence-corrected chi connectivity index (χ0v) is 12.5. The highest BCUT2D eigenvalue weighted by atomic mass is 35.5. The molecule has 0 radical (unpaired) electrons. The third-order valence-electron chi connectivity index (χ3n) is 3.57. The number of anilines is 1. The lowest BCUT2D eigenvalue weighted by molar-refractivity contribution is 0.108. The molecule has 112 valence electrons. The summed E-state index contributed by atoms with van der Waals surface area (Å²) in [6.45, 7) is 0.818. The number of nitrogens with zero attached hydrogens (tertiary/aromatic N) is 2. The summed E-state index contributed by atoms with van der Waals surface area (Å²) in [4.78, 5) is 12.0. The molecule has 1 aromatic heterocycles. The average Bonchev–Trinajstić information content (AvgIpc) is 2.91. The SMILES string of the molecule is COCCn1ncc(NC2CCC(OC)C2)c(Cl)c1=O. The van der Waals surface area contributed by atoms with Crippen molar-refractivity contribution in [2.24, 2.45) is 0 Å². The van der Waals surface area contributed by atoms with E-state index < -0.39 is 0 Å². The molecule has 1 aromatic rings. The number of hydrogen-bond donors (Lipinski definition) is 1. The van der Waals surface area contributed by atoms with E-state index in [9.17, 15) is 4.79 Å². The van der Waals surface area contributed by atoms with E-state index in [1.807, 2.05) is 0 Å². The number of aromatic nitrogens is 2. The predicted molar refractivity (Wildman–Crippen MR) is 77.4 cm³/mol. The van der Waals surface area contributed by atoms with Gasteiger partial charge in [0.25, 0.3) is 5.56 Å². The lowest BCUT2D eigenvalue weighted by Gasteiger charge is -2.15. The van der Waals surface area contributed by atoms with Crippen molar-refractivity contribution in [1.82, 2.24) is 9.78 Å². The maximum Gasteiger partial charge on any atom is 0.287 e. The number of nitrogens with one attached hydrogen (secondary N) is 1. The Kier molecular flexibility index (Phi) is 5.39. The summed E-state index contributed by atoms with van der Waals surface area (Å²) in [6, 6.07) is 0.272. The van der Waals surface area contributed by atoms with Gasteiger partial charge < -0.3 is 14.8 Å². The molecule has 0 bridgehead atoms. The van der Waals surface area contributed by atoms with Crippen molar-refractivity contribution >= 4 is 17.3 Å². The molecule has 2 unspecified atom stereocenters. The minimum absolute atomic E-state index is 0.178. The second-order valence-electron chi connectivity index (χ2n) is 4.91. The van der Waals surface area contributed by atoms with E-state index in [0.717, 1.165) is 19.3 Å². The van der Waals surface area contributed by atoms with Crippen LogP contribution in [0.15, 0.2) is 11.0 Å². The van der Waals surface area contributed by atoms with Gasteiger partial charge in [-0.05, 0) is 19.3 Å². The lowest BCUT2D eigenvalue weighted by Crippen LogP contribution is -2.27. The van der Waals surface area contributed by atoms with Gasteiger partial charge in [-0.15, -0.1) is 0 Å². The molecular weight excluding hydrogens is 282 g/mol. The minimum Gasteiger partial charge on any atom is -0.383 e. The van der Waals surface area contributed by atoms with E-state index in [0.29, 0.717) is 18.8 Å². The van der Waals surface area contributed by atoms with Gasteiger partial charge in [-0.3, -0.25) is 4.79 Å². The standard InChI is InChI=1S/C13H20ClN3O3/c1-19-6-5-17-13(18)12(14)11(8-15-17)16-9-3-4-10(7-9)20-2/h8-10,16H,3-7H2,1-2H3. The number of hydrogen-bond acceptors (Lipinski definition) is 5. The monoisotopic (exact) mass is 301 g/mol. The Bertz CT molecular complexity index is 506. The number of methoxy groups -OCH3 is 2. The van der Waals surface area contributed by atoms with Crippen LogP contribution in [-0.2, 0) is 16.0 Å². The normalized spacial score (nSPS) is 22.1. The van der Waals surface area contributed by atoms with Crippen LogP contribution in [0, 0.1) is 0 Å². The molecule has 0 aromatic carbocycles. The van der Waals surface area contributed by atoms with Gasteiger partial charge in [0, 0.05) is 20.3 Å². The lowest BCUT2D eigenvalue weighted by atomic mass is 10.2. The van der Waals surface area contributed by atoms with Crippen LogP contribution in [0.5, 0.6) is 0 Å². The minimum atomic E-state index is -0.296. The Morgan fingerprint density at radius 1 is 1.50 bits per heavy atom. The van der Waals surface area contributed by atoms with Gasteiger partial charge in [0.1, 0.15) is 5.02 Å². The Hall–Kier alpha value is -1.11. The molecule has 1 fully saturated rings. The van der Waals surface area contributed by atoms with Crippen LogP contribution >= 0.6 is 11.6 Å². The van der Waals surface area contributed by atoms with Crippen LogP contribution in [0.2, 0.25) is 5.02 Å². The summed E-state index contributed by atoms with van der Waals surface area (Å²) in [5.41, 5.74) is 0.294. The highest BCUT2D eigenvalue weighted by molar-refractivity contribution is 6.32. The van der Waals surface area contributed by atoms with Crippen molar-refractivity contribution in [2.45, 2.75) is 38.0 Å². The largest absolute Gasteiger partial charge is 0.383 e. The summed E-state index contributed by atoms with van der Waals surface area (Å²) >= 11 is 6.12. The van der Waals surface area contributed by atoms with Gasteiger partial charge in [0.2, 0.25) is 0 Å². The molecule has 1 N–H and O–H groups in total. The Labute approximate surface area is 123 Å². The van der Waals surface area contributed by atoms with Gasteiger partial charge in [0.15, 0.2) is 0 Å². The second-order valence-corrected chi connectivity index (χ2v) is 5.28. The molecule has 1 aliphatic carbocycles. The van der Waals surface area contributed by atoms with Crippen LogP contribution in [0.25, 0.3) is 0 Å². The van der Waals surface area contributed by atoms with Gasteiger partial charge in [-0.2, -0.15) is 5.10 Å². The smallest absolute Gasteiger partial charge is 0.287 e. The summed E-state index contributed by atoms with van der Waals surface area (Å²) < 4.78 is 11.6. The second kappa shape index (κ2) is 7.06. The first-order valence-electron chi connectivity index (χ1n) is 6.69. The van der Waals surface area contributed by atoms with Gasteiger partial charge in [0.05, 0.1) is 31.1 Å². The van der Waals surface area contributed by atoms with Gasteiger partial charge in [-0.25, -0.2) is 4.68 Å². The van der Waals surface area contributed by atoms with Gasteiger partial charge >= 0.3 is 0 Å². The maximum atomic E-state index is 12.0. The fourth-order valence-corrected chi connectivity index (χ4v) is 2.61. The quantitative estimate of drug-likeness (QED) is 0.863. The fourth-order valence-electron chi connectivity index (χ4n) is 2.41. The van der Waals surface area contributed by atoms with Crippen molar-refractivity contribution in [3.05, 3.63) is 21.6 Å². The van der Waals surface area contributed by atoms with Crippen LogP contribution in [0.3, 0.4) is 0 Å². The zero-order chi connectivity index (χ0) is 14.5. The number of rotatable bonds is 6. The molecule has 0 amide bonds. The maximum absolute atomic E-state index is 12.0. The molecular formula is C13H20ClN3O3. The Morgan fingerprint density at radius 3 is 2.95 bits per heavy atom. The third-order valence-corrected chi connectivity index (χ3v) is 3.93. The zero-order valence-electron chi connectivity index (χ0n) is 11.8. The highest BCUT2D eigenvalue weighted by Crippen LogP contribution is 2.26. The van der Waals surface area contributed by atoms with E-state index in [4.69, 9.17) is 21.1 Å². The molecule has 0 spiro atoms. The average molecular weight is 302 g/mol. The molecule has 20 heavy (non-hydrogen) atoms. The molecule has 7 heteroatoms.